The molecule has 2 aliphatic heterocycles. The number of methoxy groups -OCH3 is 1. The van der Waals surface area contributed by atoms with Crippen LogP contribution in [0, 0.1) is 0 Å². The molecule has 2 saturated heterocycles. The molecule has 2 aliphatic rings. The van der Waals surface area contributed by atoms with E-state index in [0.29, 0.717) is 45.0 Å². The summed E-state index contributed by atoms with van der Waals surface area (Å²) in [5.74, 6) is 2.33. The maximum Gasteiger partial charge on any atom is 0.243 e. The second kappa shape index (κ2) is 10.8. The largest absolute Gasteiger partial charge is 0.497 e. The number of nitrogens with zero attached hydrogens (tertiary/aromatic N) is 6. The third kappa shape index (κ3) is 5.18. The maximum absolute atomic E-state index is 13.2. The Morgan fingerprint density at radius 1 is 0.895 bits per heavy atom. The van der Waals surface area contributed by atoms with Crippen LogP contribution in [-0.4, -0.2) is 97.9 Å². The second-order valence-corrected chi connectivity index (χ2v) is 11.6. The summed E-state index contributed by atoms with van der Waals surface area (Å²) >= 11 is 0. The number of sulfonamides is 1. The molecule has 3 heterocycles. The first-order valence-corrected chi connectivity index (χ1v) is 14.4. The summed E-state index contributed by atoms with van der Waals surface area (Å²) < 4.78 is 33.0. The summed E-state index contributed by atoms with van der Waals surface area (Å²) in [6, 6.07) is 14.4. The van der Waals surface area contributed by atoms with Gasteiger partial charge < -0.3 is 14.5 Å². The second-order valence-electron chi connectivity index (χ2n) is 9.71. The highest BCUT2D eigenvalue weighted by Crippen LogP contribution is 2.29. The molecule has 2 fully saturated rings. The first-order valence-electron chi connectivity index (χ1n) is 12.9. The third-order valence-electron chi connectivity index (χ3n) is 7.52. The van der Waals surface area contributed by atoms with Gasteiger partial charge in [-0.05, 0) is 43.3 Å². The molecule has 10 nitrogen and oxygen atoms in total. The minimum Gasteiger partial charge on any atom is -0.497 e. The van der Waals surface area contributed by atoms with E-state index >= 15 is 0 Å². The SMILES string of the molecule is COc1ccc(S(=O)(=O)N2CCN(C(C)c3nc(N4CCN(C(C)=O)CC4)c4ccccc4n3)CC2)cc1. The Morgan fingerprint density at radius 2 is 1.55 bits per heavy atom. The molecule has 11 heteroatoms. The molecule has 1 aromatic heterocycles. The van der Waals surface area contributed by atoms with E-state index < -0.39 is 10.0 Å². The first kappa shape index (κ1) is 26.3. The number of para-hydroxylation sites is 1. The number of hydrogen-bond acceptors (Lipinski definition) is 8. The van der Waals surface area contributed by atoms with Gasteiger partial charge in [0.15, 0.2) is 0 Å². The summed E-state index contributed by atoms with van der Waals surface area (Å²) in [4.78, 5) is 28.3. The molecule has 0 bridgehead atoms. The maximum atomic E-state index is 13.2. The monoisotopic (exact) mass is 538 g/mol. The van der Waals surface area contributed by atoms with Crippen molar-refractivity contribution in [2.24, 2.45) is 0 Å². The molecule has 0 N–H and O–H groups in total. The molecular weight excluding hydrogens is 504 g/mol. The van der Waals surface area contributed by atoms with E-state index in [-0.39, 0.29) is 16.8 Å². The van der Waals surface area contributed by atoms with Gasteiger partial charge >= 0.3 is 0 Å². The van der Waals surface area contributed by atoms with Crippen LogP contribution < -0.4 is 9.64 Å². The van der Waals surface area contributed by atoms with E-state index in [0.717, 1.165) is 35.6 Å². The number of hydrogen-bond donors (Lipinski definition) is 0. The molecule has 3 aromatic rings. The molecule has 0 aliphatic carbocycles. The average Bonchev–Trinajstić information content (AvgIpc) is 2.96. The van der Waals surface area contributed by atoms with Crippen molar-refractivity contribution in [1.82, 2.24) is 24.1 Å². The molecule has 0 radical (unpaired) electrons. The number of carbonyl (C=O) groups excluding carboxylic acids is 1. The minimum absolute atomic E-state index is 0.0808. The Balaban J connectivity index is 1.32. The zero-order valence-corrected chi connectivity index (χ0v) is 22.9. The van der Waals surface area contributed by atoms with Crippen LogP contribution in [0.4, 0.5) is 5.82 Å². The fraction of sp³-hybridized carbons (Fsp3) is 0.444. The Morgan fingerprint density at radius 3 is 2.18 bits per heavy atom. The Hall–Kier alpha value is -3.28. The van der Waals surface area contributed by atoms with Gasteiger partial charge in [-0.2, -0.15) is 4.31 Å². The molecule has 0 saturated carbocycles. The quantitative estimate of drug-likeness (QED) is 0.472. The lowest BCUT2D eigenvalue weighted by Crippen LogP contribution is -2.49. The first-order chi connectivity index (χ1) is 18.3. The Bertz CT molecular complexity index is 1400. The minimum atomic E-state index is -3.58. The van der Waals surface area contributed by atoms with Crippen LogP contribution in [0.1, 0.15) is 25.7 Å². The van der Waals surface area contributed by atoms with E-state index in [9.17, 15) is 13.2 Å². The van der Waals surface area contributed by atoms with Crippen molar-refractivity contribution in [3.05, 3.63) is 54.4 Å². The fourth-order valence-electron chi connectivity index (χ4n) is 5.13. The van der Waals surface area contributed by atoms with Crippen molar-refractivity contribution in [1.29, 1.82) is 0 Å². The fourth-order valence-corrected chi connectivity index (χ4v) is 6.55. The highest BCUT2D eigenvalue weighted by molar-refractivity contribution is 7.89. The van der Waals surface area contributed by atoms with E-state index in [1.54, 1.807) is 42.6 Å². The molecule has 0 spiro atoms. The molecule has 1 atom stereocenters. The zero-order chi connectivity index (χ0) is 26.9. The lowest BCUT2D eigenvalue weighted by atomic mass is 10.1. The van der Waals surface area contributed by atoms with Crippen molar-refractivity contribution < 1.29 is 17.9 Å². The van der Waals surface area contributed by atoms with Crippen LogP contribution in [0.2, 0.25) is 0 Å². The predicted molar refractivity (Wildman–Crippen MR) is 146 cm³/mol. The van der Waals surface area contributed by atoms with Crippen molar-refractivity contribution >= 4 is 32.7 Å². The van der Waals surface area contributed by atoms with Crippen LogP contribution in [0.3, 0.4) is 0 Å². The van der Waals surface area contributed by atoms with Crippen molar-refractivity contribution in [2.45, 2.75) is 24.8 Å². The number of benzene rings is 2. The van der Waals surface area contributed by atoms with Gasteiger partial charge in [0.25, 0.3) is 0 Å². The smallest absolute Gasteiger partial charge is 0.243 e. The number of anilines is 1. The lowest BCUT2D eigenvalue weighted by Gasteiger charge is -2.38. The molecule has 2 aromatic carbocycles. The number of amides is 1. The van der Waals surface area contributed by atoms with Crippen LogP contribution >= 0.6 is 0 Å². The highest BCUT2D eigenvalue weighted by atomic mass is 32.2. The number of rotatable bonds is 6. The summed E-state index contributed by atoms with van der Waals surface area (Å²) in [5.41, 5.74) is 0.883. The third-order valence-corrected chi connectivity index (χ3v) is 9.43. The summed E-state index contributed by atoms with van der Waals surface area (Å²) in [5, 5.41) is 0.995. The normalized spacial score (nSPS) is 18.5. The number of aromatic nitrogens is 2. The van der Waals surface area contributed by atoms with Gasteiger partial charge in [0.05, 0.1) is 23.6 Å². The van der Waals surface area contributed by atoms with Gasteiger partial charge in [0.2, 0.25) is 15.9 Å². The molecule has 38 heavy (non-hydrogen) atoms. The molecule has 1 unspecified atom stereocenters. The predicted octanol–water partition coefficient (Wildman–Crippen LogP) is 2.37. The molecular formula is C27H34N6O4S. The van der Waals surface area contributed by atoms with Gasteiger partial charge in [0.1, 0.15) is 17.4 Å². The van der Waals surface area contributed by atoms with Crippen LogP contribution in [0.15, 0.2) is 53.4 Å². The number of ether oxygens (including phenoxy) is 1. The van der Waals surface area contributed by atoms with Crippen LogP contribution in [0.25, 0.3) is 10.9 Å². The average molecular weight is 539 g/mol. The highest BCUT2D eigenvalue weighted by Gasteiger charge is 2.32. The van der Waals surface area contributed by atoms with Gasteiger partial charge in [-0.3, -0.25) is 9.69 Å². The zero-order valence-electron chi connectivity index (χ0n) is 22.1. The van der Waals surface area contributed by atoms with E-state index in [1.807, 2.05) is 29.2 Å². The number of carbonyl (C=O) groups is 1. The van der Waals surface area contributed by atoms with E-state index in [4.69, 9.17) is 14.7 Å². The molecule has 5 rings (SSSR count). The standard InChI is InChI=1S/C27H34N6O4S/c1-20(30-16-18-33(19-17-30)38(35,36)23-10-8-22(37-3)9-11-23)26-28-25-7-5-4-6-24(25)27(29-26)32-14-12-31(13-15-32)21(2)34/h4-11,20H,12-19H2,1-3H3. The summed E-state index contributed by atoms with van der Waals surface area (Å²) in [7, 11) is -2.02. The van der Waals surface area contributed by atoms with Crippen molar-refractivity contribution in [2.75, 3.05) is 64.4 Å². The summed E-state index contributed by atoms with van der Waals surface area (Å²) in [6.07, 6.45) is 0. The van der Waals surface area contributed by atoms with Gasteiger partial charge in [-0.1, -0.05) is 12.1 Å². The number of fused-ring (bicyclic) bond motifs is 1. The van der Waals surface area contributed by atoms with Crippen molar-refractivity contribution in [3.8, 4) is 5.75 Å². The lowest BCUT2D eigenvalue weighted by molar-refractivity contribution is -0.129. The molecule has 1 amide bonds. The van der Waals surface area contributed by atoms with E-state index in [2.05, 4.69) is 16.7 Å². The van der Waals surface area contributed by atoms with Crippen molar-refractivity contribution in [3.63, 3.8) is 0 Å². The topological polar surface area (TPSA) is 99.2 Å². The van der Waals surface area contributed by atoms with Crippen LogP contribution in [-0.2, 0) is 14.8 Å². The Kier molecular flexibility index (Phi) is 7.51. The summed E-state index contributed by atoms with van der Waals surface area (Å²) in [6.45, 7) is 8.42. The molecule has 202 valence electrons. The van der Waals surface area contributed by atoms with Gasteiger partial charge in [0, 0.05) is 64.7 Å². The van der Waals surface area contributed by atoms with E-state index in [1.165, 1.54) is 0 Å². The van der Waals surface area contributed by atoms with Gasteiger partial charge in [-0.25, -0.2) is 18.4 Å². The number of piperazine rings is 2. The Labute approximate surface area is 223 Å². The van der Waals surface area contributed by atoms with Crippen LogP contribution in [0.5, 0.6) is 5.75 Å². The van der Waals surface area contributed by atoms with Gasteiger partial charge in [-0.15, -0.1) is 0 Å².